The van der Waals surface area contributed by atoms with Gasteiger partial charge in [-0.2, -0.15) is 13.2 Å². The maximum absolute atomic E-state index is 12.4. The SMILES string of the molecule is O=C(NCOC(=O)c1ccccc1)c1ccc(C(F)(F)F)cc1. The maximum atomic E-state index is 12.4. The smallest absolute Gasteiger partial charge is 0.416 e. The number of halogens is 3. The molecule has 23 heavy (non-hydrogen) atoms. The molecule has 0 saturated carbocycles. The van der Waals surface area contributed by atoms with E-state index >= 15 is 0 Å². The predicted molar refractivity (Wildman–Crippen MR) is 75.6 cm³/mol. The molecule has 1 amide bonds. The molecule has 0 radical (unpaired) electrons. The zero-order valence-electron chi connectivity index (χ0n) is 11.8. The molecular weight excluding hydrogens is 311 g/mol. The third kappa shape index (κ3) is 4.57. The highest BCUT2D eigenvalue weighted by molar-refractivity contribution is 5.94. The van der Waals surface area contributed by atoms with E-state index in [9.17, 15) is 22.8 Å². The minimum Gasteiger partial charge on any atom is -0.441 e. The van der Waals surface area contributed by atoms with E-state index in [0.29, 0.717) is 5.56 Å². The Labute approximate surface area is 129 Å². The number of carbonyl (C=O) groups excluding carboxylic acids is 2. The van der Waals surface area contributed by atoms with E-state index in [-0.39, 0.29) is 12.3 Å². The van der Waals surface area contributed by atoms with Crippen LogP contribution in [0.2, 0.25) is 0 Å². The van der Waals surface area contributed by atoms with Crippen molar-refractivity contribution >= 4 is 11.9 Å². The molecule has 0 atom stereocenters. The van der Waals surface area contributed by atoms with Gasteiger partial charge in [-0.25, -0.2) is 4.79 Å². The molecule has 0 saturated heterocycles. The number of benzene rings is 2. The lowest BCUT2D eigenvalue weighted by atomic mass is 10.1. The highest BCUT2D eigenvalue weighted by atomic mass is 19.4. The molecule has 120 valence electrons. The largest absolute Gasteiger partial charge is 0.441 e. The molecule has 0 aliphatic heterocycles. The number of alkyl halides is 3. The summed E-state index contributed by atoms with van der Waals surface area (Å²) in [6.07, 6.45) is -4.46. The third-order valence-electron chi connectivity index (χ3n) is 2.92. The van der Waals surface area contributed by atoms with Crippen molar-refractivity contribution in [3.05, 3.63) is 71.3 Å². The van der Waals surface area contributed by atoms with E-state index in [1.807, 2.05) is 0 Å². The van der Waals surface area contributed by atoms with Gasteiger partial charge in [0.15, 0.2) is 6.73 Å². The molecule has 7 heteroatoms. The van der Waals surface area contributed by atoms with Gasteiger partial charge in [0.1, 0.15) is 0 Å². The number of ether oxygens (including phenoxy) is 1. The first-order valence-corrected chi connectivity index (χ1v) is 6.55. The minimum absolute atomic E-state index is 0.0359. The lowest BCUT2D eigenvalue weighted by Gasteiger charge is -2.09. The van der Waals surface area contributed by atoms with Crippen LogP contribution in [0.1, 0.15) is 26.3 Å². The van der Waals surface area contributed by atoms with Crippen LogP contribution in [0.3, 0.4) is 0 Å². The molecule has 0 bridgehead atoms. The topological polar surface area (TPSA) is 55.4 Å². The first-order valence-electron chi connectivity index (χ1n) is 6.55. The van der Waals surface area contributed by atoms with Gasteiger partial charge in [0.05, 0.1) is 11.1 Å². The molecule has 0 spiro atoms. The molecule has 0 heterocycles. The van der Waals surface area contributed by atoms with E-state index in [1.165, 1.54) is 0 Å². The average Bonchev–Trinajstić information content (AvgIpc) is 2.54. The number of hydrogen-bond donors (Lipinski definition) is 1. The first kappa shape index (κ1) is 16.5. The van der Waals surface area contributed by atoms with Crippen molar-refractivity contribution in [3.63, 3.8) is 0 Å². The second kappa shape index (κ2) is 6.95. The van der Waals surface area contributed by atoms with Gasteiger partial charge < -0.3 is 10.1 Å². The Balaban J connectivity index is 1.87. The Morgan fingerprint density at radius 3 is 2.09 bits per heavy atom. The minimum atomic E-state index is -4.46. The van der Waals surface area contributed by atoms with Gasteiger partial charge in [-0.3, -0.25) is 4.79 Å². The molecule has 2 aromatic rings. The highest BCUT2D eigenvalue weighted by Gasteiger charge is 2.30. The van der Waals surface area contributed by atoms with Crippen molar-refractivity contribution in [2.75, 3.05) is 6.73 Å². The van der Waals surface area contributed by atoms with Crippen molar-refractivity contribution in [2.45, 2.75) is 6.18 Å². The summed E-state index contributed by atoms with van der Waals surface area (Å²) >= 11 is 0. The van der Waals surface area contributed by atoms with E-state index < -0.39 is 23.6 Å². The zero-order chi connectivity index (χ0) is 16.9. The Kier molecular flexibility index (Phi) is 5.00. The Bertz CT molecular complexity index is 682. The monoisotopic (exact) mass is 323 g/mol. The molecule has 1 N–H and O–H groups in total. The van der Waals surface area contributed by atoms with Crippen molar-refractivity contribution < 1.29 is 27.5 Å². The quantitative estimate of drug-likeness (QED) is 0.694. The fraction of sp³-hybridized carbons (Fsp3) is 0.125. The lowest BCUT2D eigenvalue weighted by Crippen LogP contribution is -2.27. The number of carbonyl (C=O) groups is 2. The second-order valence-corrected chi connectivity index (χ2v) is 4.52. The van der Waals surface area contributed by atoms with Gasteiger partial charge >= 0.3 is 12.1 Å². The Morgan fingerprint density at radius 2 is 1.52 bits per heavy atom. The van der Waals surface area contributed by atoms with Crippen LogP contribution in [0.4, 0.5) is 13.2 Å². The van der Waals surface area contributed by atoms with Crippen LogP contribution in [0.15, 0.2) is 54.6 Å². The van der Waals surface area contributed by atoms with Gasteiger partial charge in [0.25, 0.3) is 5.91 Å². The summed E-state index contributed by atoms with van der Waals surface area (Å²) in [5.74, 6) is -1.25. The first-order chi connectivity index (χ1) is 10.9. The normalized spacial score (nSPS) is 10.9. The van der Waals surface area contributed by atoms with Crippen LogP contribution in [0.5, 0.6) is 0 Å². The molecule has 0 fully saturated rings. The molecule has 0 unspecified atom stereocenters. The molecule has 2 rings (SSSR count). The number of esters is 1. The van der Waals surface area contributed by atoms with Crippen molar-refractivity contribution in [1.29, 1.82) is 0 Å². The summed E-state index contributed by atoms with van der Waals surface area (Å²) in [5, 5.41) is 2.29. The number of nitrogens with one attached hydrogen (secondary N) is 1. The number of rotatable bonds is 4. The van der Waals surface area contributed by atoms with Gasteiger partial charge in [-0.1, -0.05) is 18.2 Å². The van der Waals surface area contributed by atoms with Crippen LogP contribution >= 0.6 is 0 Å². The average molecular weight is 323 g/mol. The van der Waals surface area contributed by atoms with E-state index in [2.05, 4.69) is 5.32 Å². The van der Waals surface area contributed by atoms with Gasteiger partial charge in [-0.05, 0) is 36.4 Å². The summed E-state index contributed by atoms with van der Waals surface area (Å²) in [6, 6.07) is 11.9. The molecular formula is C16H12F3NO3. The molecule has 4 nitrogen and oxygen atoms in total. The summed E-state index contributed by atoms with van der Waals surface area (Å²) in [4.78, 5) is 23.4. The van der Waals surface area contributed by atoms with Gasteiger partial charge in [0.2, 0.25) is 0 Å². The fourth-order valence-corrected chi connectivity index (χ4v) is 1.74. The van der Waals surface area contributed by atoms with E-state index in [1.54, 1.807) is 30.3 Å². The lowest BCUT2D eigenvalue weighted by molar-refractivity contribution is -0.137. The van der Waals surface area contributed by atoms with E-state index in [4.69, 9.17) is 4.74 Å². The third-order valence-corrected chi connectivity index (χ3v) is 2.92. The summed E-state index contributed by atoms with van der Waals surface area (Å²) in [6.45, 7) is -0.381. The van der Waals surface area contributed by atoms with Crippen LogP contribution in [0, 0.1) is 0 Å². The van der Waals surface area contributed by atoms with Crippen molar-refractivity contribution in [2.24, 2.45) is 0 Å². The molecule has 0 aliphatic carbocycles. The van der Waals surface area contributed by atoms with Crippen molar-refractivity contribution in [1.82, 2.24) is 5.32 Å². The summed E-state index contributed by atoms with van der Waals surface area (Å²) in [7, 11) is 0. The molecule has 2 aromatic carbocycles. The van der Waals surface area contributed by atoms with Crippen LogP contribution < -0.4 is 5.32 Å². The standard InChI is InChI=1S/C16H12F3NO3/c17-16(18,19)13-8-6-11(7-9-13)14(21)20-10-23-15(22)12-4-2-1-3-5-12/h1-9H,10H2,(H,20,21). The maximum Gasteiger partial charge on any atom is 0.416 e. The second-order valence-electron chi connectivity index (χ2n) is 4.52. The number of amides is 1. The van der Waals surface area contributed by atoms with Crippen LogP contribution in [0.25, 0.3) is 0 Å². The predicted octanol–water partition coefficient (Wildman–Crippen LogP) is 3.25. The highest BCUT2D eigenvalue weighted by Crippen LogP contribution is 2.29. The van der Waals surface area contributed by atoms with Crippen LogP contribution in [-0.4, -0.2) is 18.6 Å². The molecule has 0 aromatic heterocycles. The van der Waals surface area contributed by atoms with E-state index in [0.717, 1.165) is 24.3 Å². The van der Waals surface area contributed by atoms with Gasteiger partial charge in [-0.15, -0.1) is 0 Å². The Morgan fingerprint density at radius 1 is 0.913 bits per heavy atom. The number of hydrogen-bond acceptors (Lipinski definition) is 3. The van der Waals surface area contributed by atoms with Crippen molar-refractivity contribution in [3.8, 4) is 0 Å². The fourth-order valence-electron chi connectivity index (χ4n) is 1.74. The zero-order valence-corrected chi connectivity index (χ0v) is 11.8. The summed E-state index contributed by atoms with van der Waals surface area (Å²) < 4.78 is 42.1. The van der Waals surface area contributed by atoms with Crippen LogP contribution in [-0.2, 0) is 10.9 Å². The Hall–Kier alpha value is -2.83. The summed E-state index contributed by atoms with van der Waals surface area (Å²) in [5.41, 5.74) is -0.477. The van der Waals surface area contributed by atoms with Gasteiger partial charge in [0, 0.05) is 5.56 Å². The molecule has 0 aliphatic rings.